The van der Waals surface area contributed by atoms with Crippen molar-refractivity contribution in [2.45, 2.75) is 0 Å². The maximum atomic E-state index is 5.07. The van der Waals surface area contributed by atoms with Crippen LogP contribution in [0.3, 0.4) is 0 Å². The molecule has 0 N–H and O–H groups in total. The molecule has 0 aliphatic rings. The number of benzene rings is 11. The Morgan fingerprint density at radius 1 is 0.159 bits per heavy atom. The Balaban J connectivity index is 0.000000112. The molecule has 14 heteroatoms. The molecule has 0 aliphatic carbocycles. The third kappa shape index (κ3) is 13.5. The van der Waals surface area contributed by atoms with Gasteiger partial charge in [-0.05, 0) is 153 Å². The molecule has 0 saturated carbocycles. The fraction of sp³-hybridized carbons (Fsp3) is 0. The molecule has 22 aromatic rings. The Bertz CT molecular complexity index is 7040. The zero-order chi connectivity index (χ0) is 75.0. The molecule has 11 aromatic heterocycles. The molecule has 0 saturated heterocycles. The molecule has 113 heavy (non-hydrogen) atoms. The first-order chi connectivity index (χ1) is 55.9. The highest BCUT2D eigenvalue weighted by Gasteiger charge is 2.20. The number of nitrogens with zero attached hydrogens (tertiary/aromatic N) is 14. The lowest BCUT2D eigenvalue weighted by atomic mass is 10.0. The average Bonchev–Trinajstić information content (AvgIpc) is 1.77. The summed E-state index contributed by atoms with van der Waals surface area (Å²) in [5.41, 5.74) is 24.2. The minimum Gasteiger partial charge on any atom is -0.265 e. The van der Waals surface area contributed by atoms with E-state index in [0.29, 0.717) is 17.5 Å². The number of hydrogen-bond acceptors (Lipinski definition) is 11. The molecule has 0 amide bonds. The van der Waals surface area contributed by atoms with Crippen molar-refractivity contribution < 1.29 is 0 Å². The summed E-state index contributed by atoms with van der Waals surface area (Å²) in [4.78, 5) is 38.2. The number of rotatable bonds is 11. The van der Waals surface area contributed by atoms with Crippen LogP contribution >= 0.6 is 0 Å². The molecule has 22 rings (SSSR count). The zero-order valence-corrected chi connectivity index (χ0v) is 60.7. The van der Waals surface area contributed by atoms with Crippen LogP contribution in [0.2, 0.25) is 0 Å². The number of para-hydroxylation sites is 3. The van der Waals surface area contributed by atoms with Crippen LogP contribution in [0.4, 0.5) is 0 Å². The highest BCUT2D eigenvalue weighted by molar-refractivity contribution is 5.91. The van der Waals surface area contributed by atoms with Gasteiger partial charge in [0.05, 0.1) is 67.3 Å². The molecule has 0 aliphatic heterocycles. The Hall–Kier alpha value is -15.7. The Labute approximate surface area is 648 Å². The average molecular weight is 1450 g/mol. The minimum absolute atomic E-state index is 0.580. The first-order valence-corrected chi connectivity index (χ1v) is 37.3. The maximum Gasteiger partial charge on any atom is 0.181 e. The minimum atomic E-state index is 0.580. The summed E-state index contributed by atoms with van der Waals surface area (Å²) in [5.74, 6) is 1.96. The van der Waals surface area contributed by atoms with E-state index >= 15 is 0 Å². The van der Waals surface area contributed by atoms with Gasteiger partial charge in [0.2, 0.25) is 0 Å². The number of aromatic nitrogens is 14. The first-order valence-electron chi connectivity index (χ1n) is 37.3. The molecule has 0 atom stereocenters. The number of hydrogen-bond donors (Lipinski definition) is 0. The summed E-state index contributed by atoms with van der Waals surface area (Å²) >= 11 is 0. The van der Waals surface area contributed by atoms with Gasteiger partial charge in [0.15, 0.2) is 17.5 Å². The maximum absolute atomic E-state index is 5.07. The summed E-state index contributed by atoms with van der Waals surface area (Å²) in [6, 6.07) is 125. The van der Waals surface area contributed by atoms with Gasteiger partial charge in [0.1, 0.15) is 17.1 Å². The van der Waals surface area contributed by atoms with Crippen LogP contribution in [0.5, 0.6) is 0 Å². The van der Waals surface area contributed by atoms with Gasteiger partial charge in [-0.3, -0.25) is 9.97 Å². The standard InChI is InChI=1S/C37H24N6.C35H22N4.C27H18N4/c1-2-4-36-31(3-1)13-14-32-23-35(42-43(32)36)37-40-33(29-9-5-25(6-10-29)27-15-19-38-20-16-27)24-34(41-37)30-11-7-26(8-12-30)28-17-21-39-22-18-28;1-3-10-26-19-28(15-13-23(26)7-1)31-22-32(33-21-30-18-17-25-9-5-6-12-34(25)39(30)38-33)37-35(36-31)29-16-14-24-8-2-4-11-27(24)20-29;1-3-9-19(10-4-1)23-18-24(29-27(28-23)21-12-5-2-6-13-21)25-17-22-16-15-20-11-7-8-14-26(20)31(22)30-25/h1-24H;1-22H;1-18H. The summed E-state index contributed by atoms with van der Waals surface area (Å²) < 4.78 is 5.95. The first kappa shape index (κ1) is 66.7. The summed E-state index contributed by atoms with van der Waals surface area (Å²) in [5, 5.41) is 23.1. The fourth-order valence-electron chi connectivity index (χ4n) is 14.7. The topological polar surface area (TPSA) is 155 Å². The summed E-state index contributed by atoms with van der Waals surface area (Å²) in [6.45, 7) is 0. The van der Waals surface area contributed by atoms with Gasteiger partial charge < -0.3 is 0 Å². The van der Waals surface area contributed by atoms with E-state index in [9.17, 15) is 0 Å². The second kappa shape index (κ2) is 29.1. The van der Waals surface area contributed by atoms with Crippen LogP contribution in [0.15, 0.2) is 389 Å². The number of fused-ring (bicyclic) bond motifs is 11. The zero-order valence-electron chi connectivity index (χ0n) is 60.7. The van der Waals surface area contributed by atoms with Crippen molar-refractivity contribution in [3.8, 4) is 124 Å². The quantitative estimate of drug-likeness (QED) is 0.121. The second-order valence-electron chi connectivity index (χ2n) is 27.6. The molecule has 0 spiro atoms. The summed E-state index contributed by atoms with van der Waals surface area (Å²) in [6.07, 6.45) is 7.24. The highest BCUT2D eigenvalue weighted by atomic mass is 15.2. The normalized spacial score (nSPS) is 11.4. The van der Waals surface area contributed by atoms with Crippen molar-refractivity contribution in [1.82, 2.24) is 68.7 Å². The van der Waals surface area contributed by atoms with Gasteiger partial charge in [-0.25, -0.2) is 43.5 Å². The lowest BCUT2D eigenvalue weighted by Gasteiger charge is -2.10. The van der Waals surface area contributed by atoms with Crippen LogP contribution in [0, 0.1) is 0 Å². The highest BCUT2D eigenvalue weighted by Crippen LogP contribution is 2.36. The predicted molar refractivity (Wildman–Crippen MR) is 455 cm³/mol. The van der Waals surface area contributed by atoms with Crippen molar-refractivity contribution in [2.24, 2.45) is 0 Å². The van der Waals surface area contributed by atoms with Crippen molar-refractivity contribution in [3.63, 3.8) is 0 Å². The van der Waals surface area contributed by atoms with E-state index in [1.54, 1.807) is 0 Å². The molecule has 0 fully saturated rings. The van der Waals surface area contributed by atoms with Gasteiger partial charge >= 0.3 is 0 Å². The third-order valence-corrected chi connectivity index (χ3v) is 20.5. The smallest absolute Gasteiger partial charge is 0.181 e. The third-order valence-electron chi connectivity index (χ3n) is 20.5. The van der Waals surface area contributed by atoms with E-state index in [2.05, 4.69) is 265 Å². The van der Waals surface area contributed by atoms with Crippen molar-refractivity contribution >= 4 is 70.8 Å². The van der Waals surface area contributed by atoms with Crippen LogP contribution in [-0.4, -0.2) is 68.7 Å². The predicted octanol–water partition coefficient (Wildman–Crippen LogP) is 23.3. The molecule has 530 valence electrons. The Morgan fingerprint density at radius 2 is 0.451 bits per heavy atom. The largest absolute Gasteiger partial charge is 0.265 e. The SMILES string of the molecule is c1ccc(-c2cc(-c3cc4ccc5ccccc5n4n3)nc(-c3ccccc3)n2)cc1.c1ccc2c(c1)ccc1cc(-c3nc(-c4ccc(-c5ccncc5)cc4)cc(-c4ccc(-c5ccncc5)cc4)n3)nn12.c1ccc2cc(-c3cc(-c4cc5ccc6ccccc6n5n4)nc(-c4ccc5ccccc5c4)n3)ccc2c1. The summed E-state index contributed by atoms with van der Waals surface area (Å²) in [7, 11) is 0. The van der Waals surface area contributed by atoms with E-state index in [-0.39, 0.29) is 0 Å². The van der Waals surface area contributed by atoms with E-state index in [4.69, 9.17) is 45.2 Å². The van der Waals surface area contributed by atoms with E-state index in [0.717, 1.165) is 162 Å². The van der Waals surface area contributed by atoms with Gasteiger partial charge in [0.25, 0.3) is 0 Å². The molecule has 11 heterocycles. The second-order valence-corrected chi connectivity index (χ2v) is 27.6. The Kier molecular flexibility index (Phi) is 17.2. The fourth-order valence-corrected chi connectivity index (χ4v) is 14.7. The molecule has 14 nitrogen and oxygen atoms in total. The molecule has 0 bridgehead atoms. The van der Waals surface area contributed by atoms with Crippen molar-refractivity contribution in [2.75, 3.05) is 0 Å². The Morgan fingerprint density at radius 3 is 0.912 bits per heavy atom. The molecule has 0 unspecified atom stereocenters. The lowest BCUT2D eigenvalue weighted by molar-refractivity contribution is 0.995. The van der Waals surface area contributed by atoms with E-state index < -0.39 is 0 Å². The molecular formula is C99H64N14. The van der Waals surface area contributed by atoms with Crippen LogP contribution in [0.1, 0.15) is 0 Å². The molecule has 11 aromatic carbocycles. The van der Waals surface area contributed by atoms with Crippen molar-refractivity contribution in [1.29, 1.82) is 0 Å². The monoisotopic (exact) mass is 1450 g/mol. The molecular weight excluding hydrogens is 1390 g/mol. The van der Waals surface area contributed by atoms with E-state index in [1.165, 1.54) is 16.2 Å². The van der Waals surface area contributed by atoms with Crippen molar-refractivity contribution in [3.05, 3.63) is 389 Å². The van der Waals surface area contributed by atoms with Gasteiger partial charge in [-0.2, -0.15) is 15.3 Å². The van der Waals surface area contributed by atoms with Gasteiger partial charge in [0, 0.05) is 74.3 Å². The van der Waals surface area contributed by atoms with Crippen LogP contribution in [0.25, 0.3) is 195 Å². The van der Waals surface area contributed by atoms with E-state index in [1.807, 2.05) is 148 Å². The lowest BCUT2D eigenvalue weighted by Crippen LogP contribution is -1.97. The number of pyridine rings is 5. The molecule has 0 radical (unpaired) electrons. The van der Waals surface area contributed by atoms with Crippen LogP contribution < -0.4 is 0 Å². The van der Waals surface area contributed by atoms with Gasteiger partial charge in [-0.15, -0.1) is 0 Å². The van der Waals surface area contributed by atoms with Crippen LogP contribution in [-0.2, 0) is 0 Å². The van der Waals surface area contributed by atoms with Gasteiger partial charge in [-0.1, -0.05) is 255 Å².